The van der Waals surface area contributed by atoms with Crippen LogP contribution in [0.25, 0.3) is 78.9 Å². The predicted molar refractivity (Wildman–Crippen MR) is 243 cm³/mol. The standard InChI is InChI=1S/C55H34N6O/c1-3-11-37(12-4-1)52-59-53(38-13-5-2-6-14-38)61-54(60-52)40-20-22-45-43(32-40)42-31-39(41-33-48(35-23-27-56-28-24-35)58-49(34-41)36-25-29-57-30-26-36)19-21-44(42)55(45)46-15-7-9-17-50(46)62-51-18-10-8-16-47(51)55/h1-34H. The van der Waals surface area contributed by atoms with Gasteiger partial charge >= 0.3 is 0 Å². The number of rotatable bonds is 6. The topological polar surface area (TPSA) is 86.6 Å². The molecule has 0 atom stereocenters. The Labute approximate surface area is 358 Å². The Balaban J connectivity index is 1.11. The number of aromatic nitrogens is 6. The molecule has 2 aliphatic rings. The number of para-hydroxylation sites is 2. The van der Waals surface area contributed by atoms with Crippen LogP contribution < -0.4 is 4.74 Å². The first kappa shape index (κ1) is 35.5. The predicted octanol–water partition coefficient (Wildman–Crippen LogP) is 12.5. The van der Waals surface area contributed by atoms with Crippen molar-refractivity contribution in [3.8, 4) is 90.4 Å². The molecule has 0 amide bonds. The highest BCUT2D eigenvalue weighted by atomic mass is 16.5. The molecule has 7 nitrogen and oxygen atoms in total. The SMILES string of the molecule is c1ccc(-c2nc(-c3ccccc3)nc(-c3ccc4c(c3)-c3cc(-c5cc(-c6ccncc6)nc(-c6ccncc6)c5)ccc3C43c4ccccc4Oc4ccccc43)n2)cc1. The molecule has 0 saturated carbocycles. The second-order valence-corrected chi connectivity index (χ2v) is 15.5. The molecule has 10 aromatic rings. The summed E-state index contributed by atoms with van der Waals surface area (Å²) in [6, 6.07) is 63.0. The Morgan fingerprint density at radius 1 is 0.306 bits per heavy atom. The number of ether oxygens (including phenoxy) is 1. The Hall–Kier alpha value is -8.42. The van der Waals surface area contributed by atoms with E-state index in [9.17, 15) is 0 Å². The van der Waals surface area contributed by atoms with E-state index in [1.54, 1.807) is 24.8 Å². The lowest BCUT2D eigenvalue weighted by atomic mass is 9.66. The van der Waals surface area contributed by atoms with E-state index in [0.717, 1.165) is 84.1 Å². The first-order valence-corrected chi connectivity index (χ1v) is 20.6. The zero-order valence-electron chi connectivity index (χ0n) is 33.2. The van der Waals surface area contributed by atoms with Crippen molar-refractivity contribution in [3.05, 3.63) is 229 Å². The Kier molecular flexibility index (Phi) is 8.25. The maximum Gasteiger partial charge on any atom is 0.164 e. The second-order valence-electron chi connectivity index (χ2n) is 15.5. The van der Waals surface area contributed by atoms with Crippen LogP contribution in [-0.2, 0) is 5.41 Å². The third-order valence-corrected chi connectivity index (χ3v) is 12.0. The summed E-state index contributed by atoms with van der Waals surface area (Å²) in [4.78, 5) is 29.0. The molecular weight excluding hydrogens is 761 g/mol. The van der Waals surface area contributed by atoms with Crippen molar-refractivity contribution in [2.75, 3.05) is 0 Å². The molecule has 4 aromatic heterocycles. The van der Waals surface area contributed by atoms with Crippen molar-refractivity contribution < 1.29 is 4.74 Å². The zero-order valence-corrected chi connectivity index (χ0v) is 33.2. The molecule has 12 rings (SSSR count). The lowest BCUT2D eigenvalue weighted by Gasteiger charge is -2.39. The van der Waals surface area contributed by atoms with Crippen LogP contribution >= 0.6 is 0 Å². The Morgan fingerprint density at radius 3 is 1.26 bits per heavy atom. The normalized spacial score (nSPS) is 12.8. The highest BCUT2D eigenvalue weighted by Gasteiger charge is 2.51. The first-order valence-electron chi connectivity index (χ1n) is 20.6. The monoisotopic (exact) mass is 794 g/mol. The van der Waals surface area contributed by atoms with E-state index >= 15 is 0 Å². The summed E-state index contributed by atoms with van der Waals surface area (Å²) in [6.07, 6.45) is 7.23. The minimum Gasteiger partial charge on any atom is -0.457 e. The quantitative estimate of drug-likeness (QED) is 0.166. The van der Waals surface area contributed by atoms with Crippen molar-refractivity contribution in [2.24, 2.45) is 0 Å². The Bertz CT molecular complexity index is 2980. The molecule has 0 bridgehead atoms. The molecule has 0 saturated heterocycles. The van der Waals surface area contributed by atoms with Crippen LogP contribution in [0.5, 0.6) is 11.5 Å². The van der Waals surface area contributed by atoms with Crippen LogP contribution in [0.4, 0.5) is 0 Å². The van der Waals surface area contributed by atoms with E-state index in [2.05, 4.69) is 94.9 Å². The fourth-order valence-corrected chi connectivity index (χ4v) is 9.20. The molecule has 1 aliphatic carbocycles. The minimum absolute atomic E-state index is 0.602. The van der Waals surface area contributed by atoms with Gasteiger partial charge in [0, 0.05) is 63.7 Å². The van der Waals surface area contributed by atoms with Crippen molar-refractivity contribution in [1.82, 2.24) is 29.9 Å². The van der Waals surface area contributed by atoms with Crippen molar-refractivity contribution in [2.45, 2.75) is 5.41 Å². The fraction of sp³-hybridized carbons (Fsp3) is 0.0182. The van der Waals surface area contributed by atoms with Crippen LogP contribution in [0.2, 0.25) is 0 Å². The molecule has 1 spiro atoms. The van der Waals surface area contributed by atoms with Crippen LogP contribution in [0.3, 0.4) is 0 Å². The van der Waals surface area contributed by atoms with E-state index in [-0.39, 0.29) is 0 Å². The average Bonchev–Trinajstić information content (AvgIpc) is 3.64. The van der Waals surface area contributed by atoms with Crippen molar-refractivity contribution in [3.63, 3.8) is 0 Å². The number of hydrogen-bond donors (Lipinski definition) is 0. The maximum atomic E-state index is 6.66. The number of hydrogen-bond acceptors (Lipinski definition) is 7. The number of pyridine rings is 3. The average molecular weight is 795 g/mol. The van der Waals surface area contributed by atoms with Gasteiger partial charge < -0.3 is 4.74 Å². The van der Waals surface area contributed by atoms with Crippen LogP contribution in [0, 0.1) is 0 Å². The van der Waals surface area contributed by atoms with Gasteiger partial charge in [0.05, 0.1) is 16.8 Å². The lowest BCUT2D eigenvalue weighted by molar-refractivity contribution is 0.436. The molecule has 1 aliphatic heterocycles. The molecule has 290 valence electrons. The number of benzene rings is 6. The van der Waals surface area contributed by atoms with Gasteiger partial charge in [0.1, 0.15) is 11.5 Å². The Morgan fingerprint density at radius 2 is 0.742 bits per heavy atom. The zero-order chi connectivity index (χ0) is 41.0. The molecule has 62 heavy (non-hydrogen) atoms. The maximum absolute atomic E-state index is 6.66. The summed E-state index contributed by atoms with van der Waals surface area (Å²) < 4.78 is 6.66. The van der Waals surface area contributed by atoms with Crippen molar-refractivity contribution in [1.29, 1.82) is 0 Å². The third-order valence-electron chi connectivity index (χ3n) is 12.0. The van der Waals surface area contributed by atoms with Crippen molar-refractivity contribution >= 4 is 0 Å². The second kappa shape index (κ2) is 14.4. The molecule has 7 heteroatoms. The third kappa shape index (κ3) is 5.74. The largest absolute Gasteiger partial charge is 0.457 e. The highest BCUT2D eigenvalue weighted by molar-refractivity contribution is 5.93. The number of fused-ring (bicyclic) bond motifs is 9. The molecular formula is C55H34N6O. The van der Waals surface area contributed by atoms with E-state index in [4.69, 9.17) is 24.7 Å². The van der Waals surface area contributed by atoms with Crippen LogP contribution in [0.15, 0.2) is 207 Å². The van der Waals surface area contributed by atoms with E-state index < -0.39 is 5.41 Å². The number of nitrogens with zero attached hydrogens (tertiary/aromatic N) is 6. The first-order chi connectivity index (χ1) is 30.7. The van der Waals surface area contributed by atoms with Gasteiger partial charge in [-0.25, -0.2) is 19.9 Å². The molecule has 0 N–H and O–H groups in total. The summed E-state index contributed by atoms with van der Waals surface area (Å²) in [6.45, 7) is 0. The fourth-order valence-electron chi connectivity index (χ4n) is 9.20. The summed E-state index contributed by atoms with van der Waals surface area (Å²) in [5, 5.41) is 0. The summed E-state index contributed by atoms with van der Waals surface area (Å²) >= 11 is 0. The molecule has 6 aromatic carbocycles. The van der Waals surface area contributed by atoms with Gasteiger partial charge in [-0.15, -0.1) is 0 Å². The van der Waals surface area contributed by atoms with Gasteiger partial charge in [-0.05, 0) is 94.0 Å². The summed E-state index contributed by atoms with van der Waals surface area (Å²) in [7, 11) is 0. The van der Waals surface area contributed by atoms with Gasteiger partial charge in [-0.3, -0.25) is 9.97 Å². The van der Waals surface area contributed by atoms with Gasteiger partial charge in [0.2, 0.25) is 0 Å². The van der Waals surface area contributed by atoms with Gasteiger partial charge in [-0.1, -0.05) is 121 Å². The van der Waals surface area contributed by atoms with Gasteiger partial charge in [0.15, 0.2) is 17.5 Å². The molecule has 0 unspecified atom stereocenters. The van der Waals surface area contributed by atoms with Gasteiger partial charge in [0.25, 0.3) is 0 Å². The minimum atomic E-state index is -0.653. The molecule has 0 fully saturated rings. The molecule has 5 heterocycles. The van der Waals surface area contributed by atoms with Crippen LogP contribution in [0.1, 0.15) is 22.3 Å². The van der Waals surface area contributed by atoms with E-state index in [1.807, 2.05) is 97.1 Å². The van der Waals surface area contributed by atoms with Crippen LogP contribution in [-0.4, -0.2) is 29.9 Å². The summed E-state index contributed by atoms with van der Waals surface area (Å²) in [5.41, 5.74) is 14.7. The molecule has 0 radical (unpaired) electrons. The highest BCUT2D eigenvalue weighted by Crippen LogP contribution is 2.62. The van der Waals surface area contributed by atoms with E-state index in [1.165, 1.54) is 11.1 Å². The summed E-state index contributed by atoms with van der Waals surface area (Å²) in [5.74, 6) is 3.52. The lowest BCUT2D eigenvalue weighted by Crippen LogP contribution is -2.32. The van der Waals surface area contributed by atoms with E-state index in [0.29, 0.717) is 17.5 Å². The smallest absolute Gasteiger partial charge is 0.164 e. The van der Waals surface area contributed by atoms with Gasteiger partial charge in [-0.2, -0.15) is 0 Å².